The van der Waals surface area contributed by atoms with Crippen LogP contribution in [0.25, 0.3) is 11.5 Å². The first-order valence-corrected chi connectivity index (χ1v) is 10.8. The summed E-state index contributed by atoms with van der Waals surface area (Å²) in [5.41, 5.74) is -0.440. The lowest BCUT2D eigenvalue weighted by molar-refractivity contribution is -0.137. The average Bonchev–Trinajstić information content (AvgIpc) is 3.44. The summed E-state index contributed by atoms with van der Waals surface area (Å²) < 4.78 is 46.3. The molecule has 33 heavy (non-hydrogen) atoms. The Morgan fingerprint density at radius 1 is 1.15 bits per heavy atom. The largest absolute Gasteiger partial charge is 0.467 e. The maximum atomic E-state index is 13.0. The third-order valence-corrected chi connectivity index (χ3v) is 5.69. The van der Waals surface area contributed by atoms with Gasteiger partial charge in [0.2, 0.25) is 5.91 Å². The van der Waals surface area contributed by atoms with Crippen molar-refractivity contribution in [3.8, 4) is 11.5 Å². The van der Waals surface area contributed by atoms with Crippen LogP contribution in [-0.4, -0.2) is 31.4 Å². The molecule has 1 amide bonds. The zero-order chi connectivity index (χ0) is 23.4. The predicted octanol–water partition coefficient (Wildman–Crippen LogP) is 5.38. The zero-order valence-corrected chi connectivity index (χ0v) is 18.3. The number of anilines is 1. The summed E-state index contributed by atoms with van der Waals surface area (Å²) in [6.07, 6.45) is -1.46. The predicted molar refractivity (Wildman–Crippen MR) is 117 cm³/mol. The number of alkyl halides is 3. The fourth-order valence-corrected chi connectivity index (χ4v) is 3.89. The van der Waals surface area contributed by atoms with E-state index in [1.165, 1.54) is 6.07 Å². The molecule has 7 nitrogen and oxygen atoms in total. The molecule has 0 aliphatic carbocycles. The number of furan rings is 1. The van der Waals surface area contributed by atoms with Crippen LogP contribution < -0.4 is 5.32 Å². The molecule has 0 spiro atoms. The van der Waals surface area contributed by atoms with Crippen LogP contribution in [-0.2, 0) is 17.5 Å². The fraction of sp³-hybridized carbons (Fsp3) is 0.143. The highest BCUT2D eigenvalue weighted by Crippen LogP contribution is 2.36. The van der Waals surface area contributed by atoms with E-state index >= 15 is 0 Å². The maximum absolute atomic E-state index is 13.0. The summed E-state index contributed by atoms with van der Waals surface area (Å²) in [6, 6.07) is 12.1. The molecule has 0 aliphatic heterocycles. The monoisotopic (exact) mass is 493 g/mol. The molecule has 0 unspecified atom stereocenters. The summed E-state index contributed by atoms with van der Waals surface area (Å²) in [6.45, 7) is 0.308. The van der Waals surface area contributed by atoms with Gasteiger partial charge in [0.05, 0.1) is 29.1 Å². The van der Waals surface area contributed by atoms with Crippen LogP contribution in [0.5, 0.6) is 0 Å². The summed E-state index contributed by atoms with van der Waals surface area (Å²) in [5, 5.41) is 10.8. The van der Waals surface area contributed by atoms with Crippen LogP contribution in [0.4, 0.5) is 18.9 Å². The Kier molecular flexibility index (Phi) is 6.70. The van der Waals surface area contributed by atoms with Crippen molar-refractivity contribution >= 4 is 35.0 Å². The Morgan fingerprint density at radius 2 is 2.00 bits per heavy atom. The highest BCUT2D eigenvalue weighted by Gasteiger charge is 2.33. The molecule has 1 aromatic carbocycles. The number of benzene rings is 1. The van der Waals surface area contributed by atoms with Gasteiger partial charge in [0, 0.05) is 11.9 Å². The first-order valence-electron chi connectivity index (χ1n) is 9.47. The van der Waals surface area contributed by atoms with E-state index in [1.54, 1.807) is 41.3 Å². The van der Waals surface area contributed by atoms with Crippen LogP contribution in [0.2, 0.25) is 5.02 Å². The van der Waals surface area contributed by atoms with Gasteiger partial charge in [-0.1, -0.05) is 29.4 Å². The van der Waals surface area contributed by atoms with Gasteiger partial charge in [-0.05, 0) is 42.5 Å². The van der Waals surface area contributed by atoms with Crippen molar-refractivity contribution in [2.75, 3.05) is 11.1 Å². The number of pyridine rings is 1. The summed E-state index contributed by atoms with van der Waals surface area (Å²) >= 11 is 6.70. The first kappa shape index (κ1) is 22.9. The minimum absolute atomic E-state index is 0.0106. The van der Waals surface area contributed by atoms with Crippen molar-refractivity contribution in [2.45, 2.75) is 17.9 Å². The van der Waals surface area contributed by atoms with E-state index in [-0.39, 0.29) is 11.4 Å². The average molecular weight is 494 g/mol. The number of nitrogens with zero attached hydrogens (tertiary/aromatic N) is 4. The van der Waals surface area contributed by atoms with Gasteiger partial charge in [0.1, 0.15) is 11.5 Å². The number of halogens is 4. The van der Waals surface area contributed by atoms with Crippen molar-refractivity contribution in [1.29, 1.82) is 0 Å². The number of aromatic nitrogens is 4. The van der Waals surface area contributed by atoms with E-state index in [0.717, 1.165) is 23.9 Å². The van der Waals surface area contributed by atoms with Gasteiger partial charge in [-0.2, -0.15) is 13.2 Å². The lowest BCUT2D eigenvalue weighted by Crippen LogP contribution is -2.16. The Hall–Kier alpha value is -3.31. The lowest BCUT2D eigenvalue weighted by atomic mass is 10.2. The van der Waals surface area contributed by atoms with Crippen molar-refractivity contribution in [1.82, 2.24) is 19.7 Å². The molecule has 1 N–H and O–H groups in total. The van der Waals surface area contributed by atoms with E-state index in [1.807, 2.05) is 6.07 Å². The van der Waals surface area contributed by atoms with E-state index in [0.29, 0.717) is 29.0 Å². The van der Waals surface area contributed by atoms with Crippen LogP contribution in [0.15, 0.2) is 70.6 Å². The molecular formula is C21H15ClF3N5O2S. The van der Waals surface area contributed by atoms with E-state index in [9.17, 15) is 18.0 Å². The molecule has 12 heteroatoms. The van der Waals surface area contributed by atoms with Crippen LogP contribution in [0, 0.1) is 0 Å². The second-order valence-electron chi connectivity index (χ2n) is 6.72. The van der Waals surface area contributed by atoms with Crippen LogP contribution in [0.1, 0.15) is 11.3 Å². The van der Waals surface area contributed by atoms with Gasteiger partial charge in [0.25, 0.3) is 0 Å². The van der Waals surface area contributed by atoms with Crippen molar-refractivity contribution < 1.29 is 22.4 Å². The minimum atomic E-state index is -4.63. The van der Waals surface area contributed by atoms with Gasteiger partial charge in [-0.3, -0.25) is 14.3 Å². The molecule has 0 aliphatic rings. The van der Waals surface area contributed by atoms with Gasteiger partial charge >= 0.3 is 6.18 Å². The quantitative estimate of drug-likeness (QED) is 0.348. The molecule has 4 aromatic rings. The number of hydrogen-bond acceptors (Lipinski definition) is 6. The third kappa shape index (κ3) is 5.55. The Balaban J connectivity index is 1.50. The van der Waals surface area contributed by atoms with E-state index in [4.69, 9.17) is 16.0 Å². The molecule has 0 saturated heterocycles. The van der Waals surface area contributed by atoms with Gasteiger partial charge < -0.3 is 9.73 Å². The van der Waals surface area contributed by atoms with Crippen molar-refractivity contribution in [2.24, 2.45) is 0 Å². The van der Waals surface area contributed by atoms with Crippen LogP contribution >= 0.6 is 23.4 Å². The number of thioether (sulfide) groups is 1. The molecule has 0 bridgehead atoms. The lowest BCUT2D eigenvalue weighted by Gasteiger charge is -2.12. The topological polar surface area (TPSA) is 85.8 Å². The first-order chi connectivity index (χ1) is 15.8. The highest BCUT2D eigenvalue weighted by atomic mass is 35.5. The number of rotatable bonds is 7. The summed E-state index contributed by atoms with van der Waals surface area (Å²) in [5.74, 6) is 0.520. The molecule has 0 saturated carbocycles. The Bertz CT molecular complexity index is 1250. The standard InChI is InChI=1S/C21H15ClF3N5O2S/c22-16-7-6-13(10-15(16)21(23,24)25)27-18(31)12-33-20-29-28-19(17-5-1-2-8-26-17)30(20)11-14-4-3-9-32-14/h1-10H,11-12H2,(H,27,31). The van der Waals surface area contributed by atoms with E-state index < -0.39 is 22.7 Å². The Labute approximate surface area is 195 Å². The molecule has 3 heterocycles. The number of hydrogen-bond donors (Lipinski definition) is 1. The minimum Gasteiger partial charge on any atom is -0.467 e. The number of nitrogens with one attached hydrogen (secondary N) is 1. The number of carbonyl (C=O) groups is 1. The number of amides is 1. The second-order valence-corrected chi connectivity index (χ2v) is 8.07. The molecular weight excluding hydrogens is 479 g/mol. The van der Waals surface area contributed by atoms with Crippen LogP contribution in [0.3, 0.4) is 0 Å². The van der Waals surface area contributed by atoms with Crippen molar-refractivity contribution in [3.63, 3.8) is 0 Å². The third-order valence-electron chi connectivity index (χ3n) is 4.39. The summed E-state index contributed by atoms with van der Waals surface area (Å²) in [4.78, 5) is 16.7. The normalized spacial score (nSPS) is 11.5. The summed E-state index contributed by atoms with van der Waals surface area (Å²) in [7, 11) is 0. The molecule has 0 fully saturated rings. The maximum Gasteiger partial charge on any atom is 0.417 e. The van der Waals surface area contributed by atoms with Gasteiger partial charge in [0.15, 0.2) is 11.0 Å². The second kappa shape index (κ2) is 9.67. The van der Waals surface area contributed by atoms with Crippen molar-refractivity contribution in [3.05, 3.63) is 77.3 Å². The smallest absolute Gasteiger partial charge is 0.417 e. The molecule has 0 radical (unpaired) electrons. The molecule has 4 rings (SSSR count). The highest BCUT2D eigenvalue weighted by molar-refractivity contribution is 7.99. The molecule has 3 aromatic heterocycles. The molecule has 170 valence electrons. The number of carbonyl (C=O) groups excluding carboxylic acids is 1. The Morgan fingerprint density at radius 3 is 2.70 bits per heavy atom. The van der Waals surface area contributed by atoms with Gasteiger partial charge in [-0.25, -0.2) is 0 Å². The zero-order valence-electron chi connectivity index (χ0n) is 16.7. The SMILES string of the molecule is O=C(CSc1nnc(-c2ccccn2)n1Cc1ccco1)Nc1ccc(Cl)c(C(F)(F)F)c1. The fourth-order valence-electron chi connectivity index (χ4n) is 2.93. The molecule has 0 atom stereocenters. The van der Waals surface area contributed by atoms with Gasteiger partial charge in [-0.15, -0.1) is 10.2 Å². The van der Waals surface area contributed by atoms with E-state index in [2.05, 4.69) is 20.5 Å².